The molecule has 2 aliphatic heterocycles. The van der Waals surface area contributed by atoms with E-state index in [9.17, 15) is 14.0 Å². The monoisotopic (exact) mass is 725 g/mol. The van der Waals surface area contributed by atoms with Crippen LogP contribution in [0.4, 0.5) is 14.3 Å². The molecule has 1 N–H and O–H groups in total. The third kappa shape index (κ3) is 6.84. The number of hydrogen-bond donors (Lipinski definition) is 1. The van der Waals surface area contributed by atoms with Crippen molar-refractivity contribution in [3.63, 3.8) is 0 Å². The number of thiazole rings is 1. The van der Waals surface area contributed by atoms with E-state index in [1.165, 1.54) is 11.3 Å². The number of rotatable bonds is 7. The number of amides is 2. The minimum absolute atomic E-state index is 0.0783. The van der Waals surface area contributed by atoms with Crippen LogP contribution >= 0.6 is 34.5 Å². The second kappa shape index (κ2) is 13.3. The molecule has 3 aromatic heterocycles. The van der Waals surface area contributed by atoms with Crippen LogP contribution in [0.15, 0.2) is 54.3 Å². The molecule has 0 spiro atoms. The Balaban J connectivity index is 1.22. The number of fused-ring (bicyclic) bond motifs is 2. The summed E-state index contributed by atoms with van der Waals surface area (Å²) in [6, 6.07) is 9.70. The molecule has 49 heavy (non-hydrogen) atoms. The van der Waals surface area contributed by atoms with Crippen LogP contribution in [-0.4, -0.2) is 72.2 Å². The molecule has 1 fully saturated rings. The molecule has 5 aromatic rings. The fourth-order valence-electron chi connectivity index (χ4n) is 6.29. The lowest BCUT2D eigenvalue weighted by Crippen LogP contribution is -2.44. The average molecular weight is 727 g/mol. The minimum atomic E-state index is -1.11. The third-order valence-corrected chi connectivity index (χ3v) is 9.79. The molecule has 256 valence electrons. The van der Waals surface area contributed by atoms with Gasteiger partial charge in [0.15, 0.2) is 11.2 Å². The van der Waals surface area contributed by atoms with Gasteiger partial charge in [-0.3, -0.25) is 10.1 Å². The summed E-state index contributed by atoms with van der Waals surface area (Å²) in [5.41, 5.74) is 2.10. The fourth-order valence-corrected chi connectivity index (χ4v) is 7.26. The lowest BCUT2D eigenvalue weighted by atomic mass is 10.0. The Bertz CT molecular complexity index is 2000. The minimum Gasteiger partial charge on any atom is -0.490 e. The molecule has 5 heterocycles. The number of benzene rings is 2. The Labute approximate surface area is 295 Å². The van der Waals surface area contributed by atoms with Gasteiger partial charge in [0.2, 0.25) is 0 Å². The Morgan fingerprint density at radius 3 is 2.49 bits per heavy atom. The first kappa shape index (κ1) is 33.3. The van der Waals surface area contributed by atoms with Gasteiger partial charge in [-0.2, -0.15) is 5.10 Å². The van der Waals surface area contributed by atoms with Crippen LogP contribution in [0.3, 0.4) is 0 Å². The van der Waals surface area contributed by atoms with Crippen molar-refractivity contribution in [1.82, 2.24) is 29.2 Å². The van der Waals surface area contributed by atoms with Crippen molar-refractivity contribution >= 4 is 62.6 Å². The van der Waals surface area contributed by atoms with Gasteiger partial charge < -0.3 is 18.9 Å². The molecule has 7 rings (SSSR count). The van der Waals surface area contributed by atoms with Gasteiger partial charge in [-0.25, -0.2) is 23.8 Å². The topological polar surface area (TPSA) is 116 Å². The van der Waals surface area contributed by atoms with E-state index in [1.807, 2.05) is 45.0 Å². The van der Waals surface area contributed by atoms with Crippen molar-refractivity contribution in [2.75, 3.05) is 18.4 Å². The molecule has 2 aromatic carbocycles. The number of anilines is 1. The number of imidazole rings is 1. The van der Waals surface area contributed by atoms with Gasteiger partial charge in [-0.05, 0) is 57.2 Å². The van der Waals surface area contributed by atoms with E-state index < -0.39 is 23.7 Å². The van der Waals surface area contributed by atoms with E-state index in [0.717, 1.165) is 0 Å². The summed E-state index contributed by atoms with van der Waals surface area (Å²) in [4.78, 5) is 37.2. The number of piperidine rings is 1. The first-order valence-corrected chi connectivity index (χ1v) is 17.6. The maximum Gasteiger partial charge on any atom is 0.410 e. The van der Waals surface area contributed by atoms with Gasteiger partial charge in [0.1, 0.15) is 29.1 Å². The number of alkyl halides is 1. The fraction of sp³-hybridized carbons (Fsp3) is 0.382. The number of nitrogens with one attached hydrogen (secondary N) is 1. The highest BCUT2D eigenvalue weighted by molar-refractivity contribution is 7.13. The molecular weight excluding hydrogens is 692 g/mol. The highest BCUT2D eigenvalue weighted by Gasteiger charge is 2.37. The van der Waals surface area contributed by atoms with E-state index in [1.54, 1.807) is 44.2 Å². The van der Waals surface area contributed by atoms with Crippen molar-refractivity contribution in [1.29, 1.82) is 0 Å². The van der Waals surface area contributed by atoms with E-state index in [4.69, 9.17) is 37.8 Å². The number of nitrogens with zero attached hydrogens (tertiary/aromatic N) is 6. The summed E-state index contributed by atoms with van der Waals surface area (Å²) in [5.74, 6) is 0.204. The third-order valence-electron chi connectivity index (χ3n) is 8.48. The molecule has 2 atom stereocenters. The predicted molar refractivity (Wildman–Crippen MR) is 186 cm³/mol. The van der Waals surface area contributed by atoms with Crippen LogP contribution in [0.25, 0.3) is 22.2 Å². The number of ether oxygens (including phenoxy) is 2. The number of likely N-dealkylation sites (tertiary alicyclic amines) is 1. The van der Waals surface area contributed by atoms with Gasteiger partial charge in [-0.1, -0.05) is 23.2 Å². The van der Waals surface area contributed by atoms with Gasteiger partial charge in [0.25, 0.3) is 5.91 Å². The zero-order chi connectivity index (χ0) is 34.4. The first-order chi connectivity index (χ1) is 23.4. The van der Waals surface area contributed by atoms with Gasteiger partial charge >= 0.3 is 6.09 Å². The summed E-state index contributed by atoms with van der Waals surface area (Å²) in [6.45, 7) is 6.79. The van der Waals surface area contributed by atoms with Crippen molar-refractivity contribution in [2.24, 2.45) is 0 Å². The normalized spacial score (nSPS) is 17.3. The van der Waals surface area contributed by atoms with Crippen LogP contribution in [-0.2, 0) is 22.5 Å². The molecule has 2 amide bonds. The molecule has 0 radical (unpaired) electrons. The first-order valence-electron chi connectivity index (χ1n) is 15.9. The zero-order valence-electron chi connectivity index (χ0n) is 27.0. The van der Waals surface area contributed by atoms with Crippen LogP contribution in [0.5, 0.6) is 5.75 Å². The van der Waals surface area contributed by atoms with Crippen molar-refractivity contribution in [3.05, 3.63) is 75.7 Å². The highest BCUT2D eigenvalue weighted by atomic mass is 35.5. The standard InChI is InChI=1S/C34H34Cl2FN7O4S/c1-34(2,3)48-33(46)42-13-10-22(11-14-42)47-21-6-4-19(5-7-21)29-26-23(35)8-9-24(36)27(26)41-44(29)30(31(45)40-32-38-12-15-49-32)28-25-16-20(37)17-43(25)18-39-28/h4-9,12,15,18,20,22,30H,10-11,13-14,16-17H2,1-3H3,(H,38,40,45)/t20-,30?/m1/s1. The molecule has 0 aliphatic carbocycles. The largest absolute Gasteiger partial charge is 0.490 e. The molecule has 15 heteroatoms. The Kier molecular flexibility index (Phi) is 9.01. The van der Waals surface area contributed by atoms with E-state index in [-0.39, 0.29) is 25.2 Å². The average Bonchev–Trinajstić information content (AvgIpc) is 3.85. The van der Waals surface area contributed by atoms with E-state index >= 15 is 0 Å². The summed E-state index contributed by atoms with van der Waals surface area (Å²) in [7, 11) is 0. The molecular formula is C34H34Cl2FN7O4S. The van der Waals surface area contributed by atoms with Crippen molar-refractivity contribution < 1.29 is 23.5 Å². The summed E-state index contributed by atoms with van der Waals surface area (Å²) < 4.78 is 29.7. The number of halogens is 3. The number of carbonyl (C=O) groups is 2. The lowest BCUT2D eigenvalue weighted by molar-refractivity contribution is -0.118. The second-order valence-electron chi connectivity index (χ2n) is 13.1. The maximum absolute atomic E-state index is 14.6. The predicted octanol–water partition coefficient (Wildman–Crippen LogP) is 7.56. The number of aromatic nitrogens is 5. The smallest absolute Gasteiger partial charge is 0.410 e. The Morgan fingerprint density at radius 2 is 1.80 bits per heavy atom. The molecule has 11 nitrogen and oxygen atoms in total. The lowest BCUT2D eigenvalue weighted by Gasteiger charge is -2.33. The van der Waals surface area contributed by atoms with Gasteiger partial charge in [-0.15, -0.1) is 11.3 Å². The summed E-state index contributed by atoms with van der Waals surface area (Å²) in [6.07, 6.45) is 3.12. The quantitative estimate of drug-likeness (QED) is 0.184. The summed E-state index contributed by atoms with van der Waals surface area (Å²) >= 11 is 14.8. The molecule has 0 bridgehead atoms. The summed E-state index contributed by atoms with van der Waals surface area (Å²) in [5, 5.41) is 11.2. The van der Waals surface area contributed by atoms with Gasteiger partial charge in [0.05, 0.1) is 34.3 Å². The second-order valence-corrected chi connectivity index (χ2v) is 14.8. The van der Waals surface area contributed by atoms with Crippen LogP contribution in [0, 0.1) is 0 Å². The molecule has 1 unspecified atom stereocenters. The molecule has 0 saturated carbocycles. The van der Waals surface area contributed by atoms with Crippen LogP contribution in [0.1, 0.15) is 51.0 Å². The maximum atomic E-state index is 14.6. The van der Waals surface area contributed by atoms with Crippen LogP contribution < -0.4 is 10.1 Å². The molecule has 2 aliphatic rings. The molecule has 1 saturated heterocycles. The number of carbonyl (C=O) groups excluding carboxylic acids is 2. The highest BCUT2D eigenvalue weighted by Crippen LogP contribution is 2.41. The zero-order valence-corrected chi connectivity index (χ0v) is 29.4. The number of hydrogen-bond acceptors (Lipinski definition) is 8. The van der Waals surface area contributed by atoms with Crippen molar-refractivity contribution in [2.45, 2.75) is 70.5 Å². The van der Waals surface area contributed by atoms with Crippen molar-refractivity contribution in [3.8, 4) is 17.0 Å². The Morgan fingerprint density at radius 1 is 1.06 bits per heavy atom. The van der Waals surface area contributed by atoms with Crippen LogP contribution in [0.2, 0.25) is 10.0 Å². The van der Waals surface area contributed by atoms with E-state index in [2.05, 4.69) is 15.3 Å². The van der Waals surface area contributed by atoms with E-state index in [0.29, 0.717) is 80.4 Å². The Hall–Kier alpha value is -4.20. The van der Waals surface area contributed by atoms with Gasteiger partial charge in [0, 0.05) is 60.6 Å². The SMILES string of the molecule is CC(C)(C)OC(=O)N1CCC(Oc2ccc(-c3c4c(Cl)ccc(Cl)c4nn3C(C(=O)Nc3nccs3)c3ncn4c3C[C@@H](F)C4)cc2)CC1.